The van der Waals surface area contributed by atoms with Crippen LogP contribution in [0.1, 0.15) is 20.3 Å². The first-order valence-electron chi connectivity index (χ1n) is 3.70. The Hall–Kier alpha value is -1.13. The summed E-state index contributed by atoms with van der Waals surface area (Å²) in [5.74, 6) is -0.806. The van der Waals surface area contributed by atoms with Crippen molar-refractivity contribution in [3.8, 4) is 0 Å². The van der Waals surface area contributed by atoms with E-state index in [1.165, 1.54) is 14.0 Å². The minimum atomic E-state index is -0.695. The Balaban J connectivity index is 3.91. The van der Waals surface area contributed by atoms with Crippen molar-refractivity contribution in [3.05, 3.63) is 10.1 Å². The summed E-state index contributed by atoms with van der Waals surface area (Å²) in [4.78, 5) is 20.6. The molecule has 12 heavy (non-hydrogen) atoms. The summed E-state index contributed by atoms with van der Waals surface area (Å²) in [5.41, 5.74) is 0. The van der Waals surface area contributed by atoms with Gasteiger partial charge < -0.3 is 4.74 Å². The van der Waals surface area contributed by atoms with E-state index in [4.69, 9.17) is 0 Å². The average Bonchev–Trinajstić information content (AvgIpc) is 2.02. The minimum absolute atomic E-state index is 0.222. The van der Waals surface area contributed by atoms with E-state index in [1.807, 2.05) is 0 Å². The number of methoxy groups -OCH3 is 1. The van der Waals surface area contributed by atoms with E-state index in [0.29, 0.717) is 0 Å². The van der Waals surface area contributed by atoms with Gasteiger partial charge in [0.2, 0.25) is 6.04 Å². The van der Waals surface area contributed by atoms with Gasteiger partial charge in [0.25, 0.3) is 0 Å². The highest BCUT2D eigenvalue weighted by Gasteiger charge is 2.22. The molecule has 0 aromatic carbocycles. The molecule has 0 radical (unpaired) electrons. The summed E-state index contributed by atoms with van der Waals surface area (Å²) in [6.45, 7) is 3.09. The van der Waals surface area contributed by atoms with Gasteiger partial charge in [-0.2, -0.15) is 0 Å². The molecule has 0 unspecified atom stereocenters. The van der Waals surface area contributed by atoms with Crippen LogP contribution in [0.4, 0.5) is 0 Å². The smallest absolute Gasteiger partial charge is 0.308 e. The lowest BCUT2D eigenvalue weighted by molar-refractivity contribution is -0.519. The second-order valence-electron chi connectivity index (χ2n) is 2.79. The van der Waals surface area contributed by atoms with Crippen molar-refractivity contribution in [1.82, 2.24) is 0 Å². The number of rotatable bonds is 4. The second kappa shape index (κ2) is 4.69. The summed E-state index contributed by atoms with van der Waals surface area (Å²) < 4.78 is 4.43. The van der Waals surface area contributed by atoms with E-state index >= 15 is 0 Å². The van der Waals surface area contributed by atoms with Gasteiger partial charge in [-0.3, -0.25) is 14.9 Å². The predicted octanol–water partition coefficient (Wildman–Crippen LogP) is 0.851. The number of nitro groups is 1. The Morgan fingerprint density at radius 3 is 2.42 bits per heavy atom. The summed E-state index contributed by atoms with van der Waals surface area (Å²) in [5, 5.41) is 10.2. The minimum Gasteiger partial charge on any atom is -0.469 e. The first kappa shape index (κ1) is 10.9. The maximum atomic E-state index is 10.8. The lowest BCUT2D eigenvalue weighted by atomic mass is 10.0. The van der Waals surface area contributed by atoms with Gasteiger partial charge >= 0.3 is 5.97 Å². The van der Waals surface area contributed by atoms with Crippen LogP contribution in [0.2, 0.25) is 0 Å². The molecule has 0 heterocycles. The van der Waals surface area contributed by atoms with Crippen LogP contribution in [-0.4, -0.2) is 24.0 Å². The zero-order chi connectivity index (χ0) is 9.72. The van der Waals surface area contributed by atoms with Crippen molar-refractivity contribution < 1.29 is 14.5 Å². The molecule has 0 rings (SSSR count). The highest BCUT2D eigenvalue weighted by atomic mass is 16.6. The van der Waals surface area contributed by atoms with Gasteiger partial charge in [-0.05, 0) is 0 Å². The zero-order valence-corrected chi connectivity index (χ0v) is 7.44. The molecule has 0 aliphatic heterocycles. The molecule has 70 valence electrons. The normalized spacial score (nSPS) is 14.9. The Kier molecular flexibility index (Phi) is 4.25. The number of ether oxygens (including phenoxy) is 1. The maximum Gasteiger partial charge on any atom is 0.308 e. The van der Waals surface area contributed by atoms with E-state index in [1.54, 1.807) is 6.92 Å². The van der Waals surface area contributed by atoms with Gasteiger partial charge in [0, 0.05) is 18.3 Å². The van der Waals surface area contributed by atoms with Crippen molar-refractivity contribution in [3.63, 3.8) is 0 Å². The van der Waals surface area contributed by atoms with Gasteiger partial charge in [0.15, 0.2) is 0 Å². The van der Waals surface area contributed by atoms with Crippen LogP contribution < -0.4 is 0 Å². The Morgan fingerprint density at radius 2 is 2.08 bits per heavy atom. The number of hydrogen-bond acceptors (Lipinski definition) is 4. The van der Waals surface area contributed by atoms with Crippen LogP contribution in [0.5, 0.6) is 0 Å². The molecule has 0 aromatic heterocycles. The molecule has 0 saturated carbocycles. The van der Waals surface area contributed by atoms with Gasteiger partial charge in [0.1, 0.15) is 0 Å². The molecular weight excluding hydrogens is 162 g/mol. The third kappa shape index (κ3) is 3.32. The van der Waals surface area contributed by atoms with Crippen LogP contribution in [0, 0.1) is 16.0 Å². The Bertz CT molecular complexity index is 180. The molecule has 0 spiro atoms. The molecule has 0 aliphatic carbocycles. The highest BCUT2D eigenvalue weighted by molar-refractivity contribution is 5.71. The van der Waals surface area contributed by atoms with Crippen molar-refractivity contribution >= 4 is 5.97 Å². The summed E-state index contributed by atoms with van der Waals surface area (Å²) in [6.07, 6.45) is 0.222. The SMILES string of the molecule is COC(=O)[C@H](C)C[C@@H](C)[N+](=O)[O-]. The molecular formula is C7H13NO4. The number of hydrogen-bond donors (Lipinski definition) is 0. The molecule has 0 aliphatic rings. The van der Waals surface area contributed by atoms with Crippen LogP contribution in [0.15, 0.2) is 0 Å². The van der Waals surface area contributed by atoms with E-state index in [9.17, 15) is 14.9 Å². The van der Waals surface area contributed by atoms with Crippen LogP contribution in [-0.2, 0) is 9.53 Å². The third-order valence-electron chi connectivity index (χ3n) is 1.66. The second-order valence-corrected chi connectivity index (χ2v) is 2.79. The zero-order valence-electron chi connectivity index (χ0n) is 7.44. The monoisotopic (exact) mass is 175 g/mol. The predicted molar refractivity (Wildman–Crippen MR) is 42.3 cm³/mol. The van der Waals surface area contributed by atoms with Crippen LogP contribution >= 0.6 is 0 Å². The third-order valence-corrected chi connectivity index (χ3v) is 1.66. The molecule has 0 bridgehead atoms. The molecule has 0 amide bonds. The lowest BCUT2D eigenvalue weighted by Crippen LogP contribution is -2.23. The fourth-order valence-corrected chi connectivity index (χ4v) is 0.895. The molecule has 0 N–H and O–H groups in total. The fraction of sp³-hybridized carbons (Fsp3) is 0.857. The topological polar surface area (TPSA) is 69.4 Å². The average molecular weight is 175 g/mol. The molecule has 2 atom stereocenters. The van der Waals surface area contributed by atoms with Gasteiger partial charge in [-0.1, -0.05) is 6.92 Å². The fourth-order valence-electron chi connectivity index (χ4n) is 0.895. The molecule has 5 heteroatoms. The quantitative estimate of drug-likeness (QED) is 0.361. The largest absolute Gasteiger partial charge is 0.469 e. The van der Waals surface area contributed by atoms with Gasteiger partial charge in [0.05, 0.1) is 13.0 Å². The van der Waals surface area contributed by atoms with Gasteiger partial charge in [-0.25, -0.2) is 0 Å². The number of esters is 1. The first-order valence-corrected chi connectivity index (χ1v) is 3.70. The standard InChI is InChI=1S/C7H13NO4/c1-5(7(9)12-3)4-6(2)8(10)11/h5-6H,4H2,1-3H3/t5-,6-/m1/s1. The highest BCUT2D eigenvalue weighted by Crippen LogP contribution is 2.09. The summed E-state index contributed by atoms with van der Waals surface area (Å²) in [6, 6.07) is -0.695. The lowest BCUT2D eigenvalue weighted by Gasteiger charge is -2.09. The number of carbonyl (C=O) groups excluding carboxylic acids is 1. The molecule has 5 nitrogen and oxygen atoms in total. The van der Waals surface area contributed by atoms with Crippen molar-refractivity contribution in [2.24, 2.45) is 5.92 Å². The van der Waals surface area contributed by atoms with Crippen LogP contribution in [0.25, 0.3) is 0 Å². The van der Waals surface area contributed by atoms with Crippen molar-refractivity contribution in [1.29, 1.82) is 0 Å². The molecule has 0 saturated heterocycles. The van der Waals surface area contributed by atoms with E-state index in [-0.39, 0.29) is 6.42 Å². The number of carbonyl (C=O) groups is 1. The van der Waals surface area contributed by atoms with Gasteiger partial charge in [-0.15, -0.1) is 0 Å². The summed E-state index contributed by atoms with van der Waals surface area (Å²) >= 11 is 0. The van der Waals surface area contributed by atoms with E-state index < -0.39 is 22.9 Å². The van der Waals surface area contributed by atoms with E-state index in [0.717, 1.165) is 0 Å². The van der Waals surface area contributed by atoms with Crippen molar-refractivity contribution in [2.75, 3.05) is 7.11 Å². The molecule has 0 fully saturated rings. The first-order chi connectivity index (χ1) is 5.49. The Morgan fingerprint density at radius 1 is 1.58 bits per heavy atom. The summed E-state index contributed by atoms with van der Waals surface area (Å²) in [7, 11) is 1.27. The van der Waals surface area contributed by atoms with Crippen LogP contribution in [0.3, 0.4) is 0 Å². The van der Waals surface area contributed by atoms with Crippen molar-refractivity contribution in [2.45, 2.75) is 26.3 Å². The Labute approximate surface area is 70.9 Å². The molecule has 0 aromatic rings. The maximum absolute atomic E-state index is 10.8. The van der Waals surface area contributed by atoms with E-state index in [2.05, 4.69) is 4.74 Å². The number of nitrogens with zero attached hydrogens (tertiary/aromatic N) is 1.